The lowest BCUT2D eigenvalue weighted by Crippen LogP contribution is -2.05. The molecule has 3 aromatic carbocycles. The third-order valence-electron chi connectivity index (χ3n) is 3.90. The Morgan fingerprint density at radius 1 is 0.962 bits per heavy atom. The summed E-state index contributed by atoms with van der Waals surface area (Å²) in [5, 5.41) is 3.96. The maximum absolute atomic E-state index is 13.0. The van der Waals surface area contributed by atoms with Gasteiger partial charge in [-0.05, 0) is 48.0 Å². The Morgan fingerprint density at radius 2 is 1.69 bits per heavy atom. The number of ether oxygens (including phenoxy) is 2. The minimum absolute atomic E-state index is 0.260. The van der Waals surface area contributed by atoms with Crippen LogP contribution in [-0.2, 0) is 13.2 Å². The number of nitrogens with one attached hydrogen (secondary N) is 1. The molecule has 0 aliphatic carbocycles. The van der Waals surface area contributed by atoms with Crippen LogP contribution in [0.4, 0.5) is 10.1 Å². The molecule has 0 aromatic heterocycles. The highest BCUT2D eigenvalue weighted by atomic mass is 35.5. The molecule has 3 rings (SSSR count). The van der Waals surface area contributed by atoms with Crippen LogP contribution in [0.25, 0.3) is 0 Å². The first-order chi connectivity index (χ1) is 12.7. The molecular weight excluding hydrogens is 353 g/mol. The average molecular weight is 372 g/mol. The summed E-state index contributed by atoms with van der Waals surface area (Å²) in [7, 11) is 1.61. The van der Waals surface area contributed by atoms with Gasteiger partial charge in [0.05, 0.1) is 7.11 Å². The Labute approximate surface area is 157 Å². The number of hydrogen-bond acceptors (Lipinski definition) is 3. The lowest BCUT2D eigenvalue weighted by Gasteiger charge is -2.16. The fraction of sp³-hybridized carbons (Fsp3) is 0.143. The van der Waals surface area contributed by atoms with E-state index >= 15 is 0 Å². The second-order valence-corrected chi connectivity index (χ2v) is 6.16. The summed E-state index contributed by atoms with van der Waals surface area (Å²) in [6, 6.07) is 19.5. The summed E-state index contributed by atoms with van der Waals surface area (Å²) in [6.45, 7) is 0.930. The fourth-order valence-electron chi connectivity index (χ4n) is 2.53. The van der Waals surface area contributed by atoms with Crippen molar-refractivity contribution in [3.63, 3.8) is 0 Å². The highest BCUT2D eigenvalue weighted by Gasteiger charge is 2.11. The van der Waals surface area contributed by atoms with Gasteiger partial charge in [-0.2, -0.15) is 0 Å². The van der Waals surface area contributed by atoms with Crippen LogP contribution < -0.4 is 14.8 Å². The molecule has 134 valence electrons. The first kappa shape index (κ1) is 18.1. The van der Waals surface area contributed by atoms with Gasteiger partial charge in [0.15, 0.2) is 11.5 Å². The summed E-state index contributed by atoms with van der Waals surface area (Å²) >= 11 is 5.92. The maximum Gasteiger partial charge on any atom is 0.166 e. The lowest BCUT2D eigenvalue weighted by molar-refractivity contribution is 0.281. The van der Waals surface area contributed by atoms with E-state index in [1.54, 1.807) is 19.2 Å². The van der Waals surface area contributed by atoms with E-state index < -0.39 is 0 Å². The highest BCUT2D eigenvalue weighted by Crippen LogP contribution is 2.32. The minimum Gasteiger partial charge on any atom is -0.493 e. The Balaban J connectivity index is 1.74. The van der Waals surface area contributed by atoms with E-state index in [2.05, 4.69) is 5.32 Å². The Kier molecular flexibility index (Phi) is 5.97. The third kappa shape index (κ3) is 4.67. The topological polar surface area (TPSA) is 30.5 Å². The van der Waals surface area contributed by atoms with Crippen molar-refractivity contribution in [3.8, 4) is 11.5 Å². The second kappa shape index (κ2) is 8.59. The van der Waals surface area contributed by atoms with Gasteiger partial charge in [0.2, 0.25) is 0 Å². The average Bonchev–Trinajstić information content (AvgIpc) is 2.67. The zero-order chi connectivity index (χ0) is 18.4. The van der Waals surface area contributed by atoms with Crippen molar-refractivity contribution in [2.45, 2.75) is 13.2 Å². The van der Waals surface area contributed by atoms with Crippen molar-refractivity contribution in [2.24, 2.45) is 0 Å². The Hall–Kier alpha value is -2.72. The van der Waals surface area contributed by atoms with Crippen LogP contribution >= 0.6 is 11.6 Å². The number of rotatable bonds is 7. The molecule has 0 unspecified atom stereocenters. The molecule has 3 nitrogen and oxygen atoms in total. The van der Waals surface area contributed by atoms with E-state index in [0.717, 1.165) is 16.8 Å². The SMILES string of the molecule is COc1cccc(CNc2ccc(F)cc2)c1OCc1ccc(Cl)cc1. The molecule has 0 fully saturated rings. The number of benzene rings is 3. The summed E-state index contributed by atoms with van der Waals surface area (Å²) < 4.78 is 24.5. The van der Waals surface area contributed by atoms with Crippen LogP contribution in [0.2, 0.25) is 5.02 Å². The van der Waals surface area contributed by atoms with Crippen LogP contribution in [0.3, 0.4) is 0 Å². The number of halogens is 2. The van der Waals surface area contributed by atoms with Crippen molar-refractivity contribution in [1.82, 2.24) is 0 Å². The fourth-order valence-corrected chi connectivity index (χ4v) is 2.65. The number of para-hydroxylation sites is 1. The van der Waals surface area contributed by atoms with Gasteiger partial charge in [-0.15, -0.1) is 0 Å². The molecule has 0 atom stereocenters. The largest absolute Gasteiger partial charge is 0.493 e. The molecule has 26 heavy (non-hydrogen) atoms. The van der Waals surface area contributed by atoms with Gasteiger partial charge in [0, 0.05) is 22.8 Å². The van der Waals surface area contributed by atoms with Crippen molar-refractivity contribution < 1.29 is 13.9 Å². The number of hydrogen-bond donors (Lipinski definition) is 1. The van der Waals surface area contributed by atoms with Crippen LogP contribution in [0, 0.1) is 5.82 Å². The monoisotopic (exact) mass is 371 g/mol. The van der Waals surface area contributed by atoms with E-state index in [-0.39, 0.29) is 5.82 Å². The molecule has 0 spiro atoms. The summed E-state index contributed by atoms with van der Waals surface area (Å²) in [4.78, 5) is 0. The minimum atomic E-state index is -0.260. The smallest absolute Gasteiger partial charge is 0.166 e. The molecule has 0 amide bonds. The maximum atomic E-state index is 13.0. The van der Waals surface area contributed by atoms with Gasteiger partial charge in [-0.25, -0.2) is 4.39 Å². The molecule has 1 N–H and O–H groups in total. The van der Waals surface area contributed by atoms with Gasteiger partial charge in [-0.3, -0.25) is 0 Å². The first-order valence-electron chi connectivity index (χ1n) is 8.18. The van der Waals surface area contributed by atoms with Gasteiger partial charge < -0.3 is 14.8 Å². The normalized spacial score (nSPS) is 10.4. The molecular formula is C21H19ClFNO2. The molecule has 0 saturated heterocycles. The van der Waals surface area contributed by atoms with E-state index in [1.165, 1.54) is 12.1 Å². The number of anilines is 1. The van der Waals surface area contributed by atoms with Crippen LogP contribution in [0.5, 0.6) is 11.5 Å². The molecule has 0 radical (unpaired) electrons. The predicted octanol–water partition coefficient (Wildman–Crippen LogP) is 5.68. The molecule has 0 aliphatic rings. The highest BCUT2D eigenvalue weighted by molar-refractivity contribution is 6.30. The van der Waals surface area contributed by atoms with E-state index in [4.69, 9.17) is 21.1 Å². The van der Waals surface area contributed by atoms with E-state index in [9.17, 15) is 4.39 Å². The lowest BCUT2D eigenvalue weighted by atomic mass is 10.1. The van der Waals surface area contributed by atoms with Gasteiger partial charge in [0.25, 0.3) is 0 Å². The quantitative estimate of drug-likeness (QED) is 0.579. The summed E-state index contributed by atoms with van der Waals surface area (Å²) in [6.07, 6.45) is 0. The summed E-state index contributed by atoms with van der Waals surface area (Å²) in [5.41, 5.74) is 2.79. The molecule has 3 aromatic rings. The second-order valence-electron chi connectivity index (χ2n) is 5.72. The van der Waals surface area contributed by atoms with E-state index in [1.807, 2.05) is 42.5 Å². The molecule has 0 aliphatic heterocycles. The zero-order valence-corrected chi connectivity index (χ0v) is 15.1. The van der Waals surface area contributed by atoms with Crippen LogP contribution in [0.15, 0.2) is 66.7 Å². The standard InChI is InChI=1S/C21H19ClFNO2/c1-25-20-4-2-3-16(13-24-19-11-9-18(23)10-12-19)21(20)26-14-15-5-7-17(22)8-6-15/h2-12,24H,13-14H2,1H3. The van der Waals surface area contributed by atoms with E-state index in [0.29, 0.717) is 29.7 Å². The van der Waals surface area contributed by atoms with Crippen LogP contribution in [-0.4, -0.2) is 7.11 Å². The number of methoxy groups -OCH3 is 1. The van der Waals surface area contributed by atoms with Crippen molar-refractivity contribution in [2.75, 3.05) is 12.4 Å². The zero-order valence-electron chi connectivity index (χ0n) is 14.3. The molecule has 0 bridgehead atoms. The third-order valence-corrected chi connectivity index (χ3v) is 4.16. The van der Waals surface area contributed by atoms with Gasteiger partial charge in [-0.1, -0.05) is 35.9 Å². The first-order valence-corrected chi connectivity index (χ1v) is 8.56. The summed E-state index contributed by atoms with van der Waals surface area (Å²) in [5.74, 6) is 1.08. The van der Waals surface area contributed by atoms with Crippen LogP contribution in [0.1, 0.15) is 11.1 Å². The predicted molar refractivity (Wildman–Crippen MR) is 103 cm³/mol. The van der Waals surface area contributed by atoms with Gasteiger partial charge in [0.1, 0.15) is 12.4 Å². The Morgan fingerprint density at radius 3 is 2.38 bits per heavy atom. The van der Waals surface area contributed by atoms with Crippen molar-refractivity contribution >= 4 is 17.3 Å². The van der Waals surface area contributed by atoms with Crippen molar-refractivity contribution in [3.05, 3.63) is 88.7 Å². The van der Waals surface area contributed by atoms with Crippen molar-refractivity contribution in [1.29, 1.82) is 0 Å². The Bertz CT molecular complexity index is 851. The molecule has 5 heteroatoms. The molecule has 0 saturated carbocycles. The molecule has 0 heterocycles. The van der Waals surface area contributed by atoms with Gasteiger partial charge >= 0.3 is 0 Å².